The Morgan fingerprint density at radius 3 is 2.86 bits per heavy atom. The molecule has 21 heavy (non-hydrogen) atoms. The van der Waals surface area contributed by atoms with E-state index in [0.29, 0.717) is 6.54 Å². The average Bonchev–Trinajstić information content (AvgIpc) is 2.52. The highest BCUT2D eigenvalue weighted by atomic mass is 19.2. The van der Waals surface area contributed by atoms with Gasteiger partial charge in [0, 0.05) is 13.2 Å². The second-order valence-corrected chi connectivity index (χ2v) is 4.98. The molecule has 0 amide bonds. The molecule has 0 aliphatic carbocycles. The zero-order chi connectivity index (χ0) is 15.2. The zero-order valence-electron chi connectivity index (χ0n) is 12.0. The predicted molar refractivity (Wildman–Crippen MR) is 74.4 cm³/mol. The van der Waals surface area contributed by atoms with Crippen molar-refractivity contribution < 1.29 is 23.0 Å². The summed E-state index contributed by atoms with van der Waals surface area (Å²) in [5.74, 6) is -3.16. The number of carbonyl (C=O) groups excluding carboxylic acids is 1. The first-order valence-corrected chi connectivity index (χ1v) is 7.05. The van der Waals surface area contributed by atoms with Crippen molar-refractivity contribution in [1.82, 2.24) is 0 Å². The lowest BCUT2D eigenvalue weighted by atomic mass is 10.1. The molecule has 1 heterocycles. The van der Waals surface area contributed by atoms with Crippen molar-refractivity contribution in [3.63, 3.8) is 0 Å². The van der Waals surface area contributed by atoms with E-state index in [9.17, 15) is 13.6 Å². The van der Waals surface area contributed by atoms with Gasteiger partial charge in [-0.05, 0) is 37.8 Å². The average molecular weight is 299 g/mol. The molecule has 4 nitrogen and oxygen atoms in total. The topological polar surface area (TPSA) is 47.6 Å². The van der Waals surface area contributed by atoms with Crippen LogP contribution < -0.4 is 5.32 Å². The Morgan fingerprint density at radius 1 is 1.38 bits per heavy atom. The number of esters is 1. The van der Waals surface area contributed by atoms with Crippen LogP contribution in [0.1, 0.15) is 36.0 Å². The zero-order valence-corrected chi connectivity index (χ0v) is 12.0. The van der Waals surface area contributed by atoms with E-state index in [1.165, 1.54) is 12.1 Å². The molecule has 1 aliphatic rings. The summed E-state index contributed by atoms with van der Waals surface area (Å²) in [5.41, 5.74) is -0.368. The van der Waals surface area contributed by atoms with Crippen molar-refractivity contribution in [2.45, 2.75) is 31.8 Å². The van der Waals surface area contributed by atoms with Crippen LogP contribution in [0.25, 0.3) is 0 Å². The molecule has 6 heteroatoms. The summed E-state index contributed by atoms with van der Waals surface area (Å²) in [6.45, 7) is 1.25. The standard InChI is InChI=1S/C15H19F2NO3/c1-20-15(19)11-5-6-12(14(17)13(11)16)18-8-7-10-4-2-3-9-21-10/h5-6,10,18H,2-4,7-9H2,1H3. The fourth-order valence-electron chi connectivity index (χ4n) is 2.36. The number of methoxy groups -OCH3 is 1. The Balaban J connectivity index is 1.94. The van der Waals surface area contributed by atoms with Crippen molar-refractivity contribution in [3.05, 3.63) is 29.3 Å². The van der Waals surface area contributed by atoms with Gasteiger partial charge in [0.2, 0.25) is 0 Å². The van der Waals surface area contributed by atoms with E-state index in [4.69, 9.17) is 4.74 Å². The number of rotatable bonds is 5. The van der Waals surface area contributed by atoms with E-state index in [1.54, 1.807) is 0 Å². The highest BCUT2D eigenvalue weighted by Gasteiger charge is 2.19. The van der Waals surface area contributed by atoms with Gasteiger partial charge >= 0.3 is 5.97 Å². The SMILES string of the molecule is COC(=O)c1ccc(NCCC2CCCCO2)c(F)c1F. The summed E-state index contributed by atoms with van der Waals surface area (Å²) in [5, 5.41) is 2.84. The molecule has 1 N–H and O–H groups in total. The van der Waals surface area contributed by atoms with Crippen LogP contribution in [0.15, 0.2) is 12.1 Å². The van der Waals surface area contributed by atoms with E-state index in [1.807, 2.05) is 0 Å². The summed E-state index contributed by atoms with van der Waals surface area (Å²) in [4.78, 5) is 11.3. The van der Waals surface area contributed by atoms with Gasteiger partial charge in [0.15, 0.2) is 11.6 Å². The van der Waals surface area contributed by atoms with Gasteiger partial charge in [-0.25, -0.2) is 13.6 Å². The number of hydrogen-bond donors (Lipinski definition) is 1. The van der Waals surface area contributed by atoms with Crippen molar-refractivity contribution >= 4 is 11.7 Å². The first-order valence-electron chi connectivity index (χ1n) is 7.05. The molecular weight excluding hydrogens is 280 g/mol. The van der Waals surface area contributed by atoms with Gasteiger partial charge in [0.1, 0.15) is 0 Å². The second-order valence-electron chi connectivity index (χ2n) is 4.98. The number of carbonyl (C=O) groups is 1. The molecule has 1 fully saturated rings. The highest BCUT2D eigenvalue weighted by molar-refractivity contribution is 5.90. The third-order valence-corrected chi connectivity index (χ3v) is 3.54. The second kappa shape index (κ2) is 7.36. The quantitative estimate of drug-likeness (QED) is 0.849. The van der Waals surface area contributed by atoms with Crippen LogP contribution in [0, 0.1) is 11.6 Å². The Labute approximate surface area is 122 Å². The van der Waals surface area contributed by atoms with Crippen molar-refractivity contribution in [2.75, 3.05) is 25.6 Å². The third-order valence-electron chi connectivity index (χ3n) is 3.54. The molecule has 116 valence electrons. The fourth-order valence-corrected chi connectivity index (χ4v) is 2.36. The first kappa shape index (κ1) is 15.7. The lowest BCUT2D eigenvalue weighted by Crippen LogP contribution is -2.22. The summed E-state index contributed by atoms with van der Waals surface area (Å²) in [6.07, 6.45) is 4.13. The molecule has 1 aromatic rings. The summed E-state index contributed by atoms with van der Waals surface area (Å²) in [7, 11) is 1.12. The maximum atomic E-state index is 13.8. The Kier molecular flexibility index (Phi) is 5.50. The Hall–Kier alpha value is -1.69. The molecule has 1 unspecified atom stereocenters. The van der Waals surface area contributed by atoms with E-state index in [0.717, 1.165) is 39.4 Å². The third kappa shape index (κ3) is 3.91. The molecule has 2 rings (SSSR count). The molecule has 0 saturated carbocycles. The molecule has 1 atom stereocenters. The minimum absolute atomic E-state index is 0.0379. The lowest BCUT2D eigenvalue weighted by molar-refractivity contribution is 0.0134. The summed E-state index contributed by atoms with van der Waals surface area (Å²) in [6, 6.07) is 2.55. The van der Waals surface area contributed by atoms with Crippen LogP contribution >= 0.6 is 0 Å². The maximum absolute atomic E-state index is 13.8. The monoisotopic (exact) mass is 299 g/mol. The number of halogens is 2. The number of ether oxygens (including phenoxy) is 2. The van der Waals surface area contributed by atoms with Gasteiger partial charge in [0.05, 0.1) is 24.5 Å². The van der Waals surface area contributed by atoms with Crippen LogP contribution in [0.4, 0.5) is 14.5 Å². The normalized spacial score (nSPS) is 18.3. The number of hydrogen-bond acceptors (Lipinski definition) is 4. The molecule has 0 aromatic heterocycles. The van der Waals surface area contributed by atoms with Crippen molar-refractivity contribution in [1.29, 1.82) is 0 Å². The van der Waals surface area contributed by atoms with Gasteiger partial charge in [0.25, 0.3) is 0 Å². The van der Waals surface area contributed by atoms with E-state index in [2.05, 4.69) is 10.1 Å². The van der Waals surface area contributed by atoms with Gasteiger partial charge in [-0.2, -0.15) is 0 Å². The number of nitrogens with one attached hydrogen (secondary N) is 1. The predicted octanol–water partition coefficient (Wildman–Crippen LogP) is 3.12. The van der Waals surface area contributed by atoms with Gasteiger partial charge < -0.3 is 14.8 Å². The molecule has 1 aliphatic heterocycles. The van der Waals surface area contributed by atoms with Crippen LogP contribution in [0.5, 0.6) is 0 Å². The van der Waals surface area contributed by atoms with Crippen molar-refractivity contribution in [3.8, 4) is 0 Å². The Morgan fingerprint density at radius 2 is 2.19 bits per heavy atom. The molecule has 0 radical (unpaired) electrons. The van der Waals surface area contributed by atoms with Crippen LogP contribution in [0.3, 0.4) is 0 Å². The number of benzene rings is 1. The first-order chi connectivity index (χ1) is 10.1. The summed E-state index contributed by atoms with van der Waals surface area (Å²) < 4.78 is 37.5. The number of anilines is 1. The molecule has 1 aromatic carbocycles. The Bertz CT molecular complexity index is 502. The van der Waals surface area contributed by atoms with E-state index < -0.39 is 23.2 Å². The van der Waals surface area contributed by atoms with E-state index >= 15 is 0 Å². The van der Waals surface area contributed by atoms with Crippen LogP contribution in [-0.4, -0.2) is 32.3 Å². The molecular formula is C15H19F2NO3. The molecule has 0 spiro atoms. The molecule has 0 bridgehead atoms. The highest BCUT2D eigenvalue weighted by Crippen LogP contribution is 2.22. The molecule has 1 saturated heterocycles. The largest absolute Gasteiger partial charge is 0.465 e. The smallest absolute Gasteiger partial charge is 0.340 e. The van der Waals surface area contributed by atoms with Crippen LogP contribution in [0.2, 0.25) is 0 Å². The minimum Gasteiger partial charge on any atom is -0.465 e. The summed E-state index contributed by atoms with van der Waals surface area (Å²) >= 11 is 0. The minimum atomic E-state index is -1.19. The van der Waals surface area contributed by atoms with Crippen LogP contribution in [-0.2, 0) is 9.47 Å². The van der Waals surface area contributed by atoms with Crippen molar-refractivity contribution in [2.24, 2.45) is 0 Å². The maximum Gasteiger partial charge on any atom is 0.340 e. The lowest BCUT2D eigenvalue weighted by Gasteiger charge is -2.22. The van der Waals surface area contributed by atoms with E-state index in [-0.39, 0.29) is 11.8 Å². The van der Waals surface area contributed by atoms with Gasteiger partial charge in [-0.3, -0.25) is 0 Å². The fraction of sp³-hybridized carbons (Fsp3) is 0.533. The van der Waals surface area contributed by atoms with Gasteiger partial charge in [-0.1, -0.05) is 0 Å². The van der Waals surface area contributed by atoms with Gasteiger partial charge in [-0.15, -0.1) is 0 Å².